The van der Waals surface area contributed by atoms with Crippen LogP contribution >= 0.6 is 12.2 Å². The Morgan fingerprint density at radius 3 is 2.60 bits per heavy atom. The maximum atomic E-state index is 13.3. The van der Waals surface area contributed by atoms with Crippen LogP contribution in [0.1, 0.15) is 25.5 Å². The first-order valence-electron chi connectivity index (χ1n) is 9.51. The van der Waals surface area contributed by atoms with E-state index in [-0.39, 0.29) is 5.91 Å². The second-order valence-electron chi connectivity index (χ2n) is 6.56. The summed E-state index contributed by atoms with van der Waals surface area (Å²) in [4.78, 5) is 13.3. The zero-order chi connectivity index (χ0) is 21.7. The summed E-state index contributed by atoms with van der Waals surface area (Å²) >= 11 is 5.34. The largest absolute Gasteiger partial charge is 0.497 e. The van der Waals surface area contributed by atoms with E-state index in [9.17, 15) is 4.79 Å². The van der Waals surface area contributed by atoms with Gasteiger partial charge in [-0.1, -0.05) is 12.1 Å². The summed E-state index contributed by atoms with van der Waals surface area (Å²) in [5.74, 6) is 1.58. The lowest BCUT2D eigenvalue weighted by Crippen LogP contribution is -2.45. The van der Waals surface area contributed by atoms with Crippen molar-refractivity contribution in [3.63, 3.8) is 0 Å². The van der Waals surface area contributed by atoms with Gasteiger partial charge in [0.1, 0.15) is 17.2 Å². The van der Waals surface area contributed by atoms with E-state index in [1.165, 1.54) is 0 Å². The molecule has 3 N–H and O–H groups in total. The molecule has 1 atom stereocenters. The van der Waals surface area contributed by atoms with Crippen molar-refractivity contribution in [1.29, 1.82) is 0 Å². The van der Waals surface area contributed by atoms with Crippen LogP contribution in [0.2, 0.25) is 0 Å². The van der Waals surface area contributed by atoms with Gasteiger partial charge in [0.15, 0.2) is 5.11 Å². The molecule has 0 fully saturated rings. The van der Waals surface area contributed by atoms with Crippen molar-refractivity contribution in [2.75, 3.05) is 26.1 Å². The quantitative estimate of drug-likeness (QED) is 0.583. The molecule has 0 unspecified atom stereocenters. The van der Waals surface area contributed by atoms with Crippen molar-refractivity contribution < 1.29 is 19.0 Å². The number of hydrogen-bond donors (Lipinski definition) is 3. The molecule has 1 aliphatic heterocycles. The summed E-state index contributed by atoms with van der Waals surface area (Å²) in [5.41, 5.74) is 2.52. The molecule has 0 radical (unpaired) electrons. The van der Waals surface area contributed by atoms with Crippen molar-refractivity contribution >= 4 is 28.9 Å². The van der Waals surface area contributed by atoms with Gasteiger partial charge in [0.05, 0.1) is 38.1 Å². The van der Waals surface area contributed by atoms with Crippen LogP contribution in [0.25, 0.3) is 0 Å². The van der Waals surface area contributed by atoms with Crippen molar-refractivity contribution in [1.82, 2.24) is 10.6 Å². The number of hydrogen-bond acceptors (Lipinski definition) is 5. The topological polar surface area (TPSA) is 80.9 Å². The number of methoxy groups -OCH3 is 2. The Bertz CT molecular complexity index is 990. The number of carbonyl (C=O) groups excluding carboxylic acids is 1. The molecule has 30 heavy (non-hydrogen) atoms. The first-order valence-corrected chi connectivity index (χ1v) is 9.92. The number of ether oxygens (including phenoxy) is 3. The second kappa shape index (κ2) is 9.49. The number of nitrogens with one attached hydrogen (secondary N) is 3. The predicted molar refractivity (Wildman–Crippen MR) is 120 cm³/mol. The van der Waals surface area contributed by atoms with Gasteiger partial charge in [0, 0.05) is 17.3 Å². The van der Waals surface area contributed by atoms with E-state index in [0.717, 1.165) is 5.56 Å². The minimum Gasteiger partial charge on any atom is -0.497 e. The highest BCUT2D eigenvalue weighted by Gasteiger charge is 2.32. The van der Waals surface area contributed by atoms with Gasteiger partial charge in [-0.05, 0) is 50.3 Å². The van der Waals surface area contributed by atoms with Crippen LogP contribution in [-0.2, 0) is 4.79 Å². The standard InChI is InChI=1S/C22H25N3O4S/c1-5-29-17-9-7-6-8-16(17)24-21(26)19-13(2)23-22(30)25-20(19)15-11-10-14(27-3)12-18(15)28-4/h6-12,20H,5H2,1-4H3,(H,24,26)(H2,23,25,30)/t20-/m0/s1. The number of para-hydroxylation sites is 2. The molecular formula is C22H25N3O4S. The second-order valence-corrected chi connectivity index (χ2v) is 6.97. The van der Waals surface area contributed by atoms with Gasteiger partial charge >= 0.3 is 0 Å². The van der Waals surface area contributed by atoms with Gasteiger partial charge in [0.25, 0.3) is 5.91 Å². The fraction of sp³-hybridized carbons (Fsp3) is 0.273. The molecule has 0 saturated carbocycles. The number of allylic oxidation sites excluding steroid dienone is 1. The summed E-state index contributed by atoms with van der Waals surface area (Å²) in [6, 6.07) is 12.3. The number of benzene rings is 2. The molecule has 2 aromatic rings. The molecule has 158 valence electrons. The average molecular weight is 428 g/mol. The maximum absolute atomic E-state index is 13.3. The molecule has 0 saturated heterocycles. The molecule has 3 rings (SSSR count). The van der Waals surface area contributed by atoms with Gasteiger partial charge < -0.3 is 30.2 Å². The Kier molecular flexibility index (Phi) is 6.79. The van der Waals surface area contributed by atoms with Crippen molar-refractivity contribution in [2.24, 2.45) is 0 Å². The van der Waals surface area contributed by atoms with E-state index in [1.54, 1.807) is 26.4 Å². The zero-order valence-electron chi connectivity index (χ0n) is 17.4. The third-order valence-corrected chi connectivity index (χ3v) is 4.92. The molecular weight excluding hydrogens is 402 g/mol. The Morgan fingerprint density at radius 1 is 1.13 bits per heavy atom. The highest BCUT2D eigenvalue weighted by atomic mass is 32.1. The fourth-order valence-corrected chi connectivity index (χ4v) is 3.60. The van der Waals surface area contributed by atoms with E-state index in [4.69, 9.17) is 26.4 Å². The van der Waals surface area contributed by atoms with Crippen molar-refractivity contribution in [2.45, 2.75) is 19.9 Å². The zero-order valence-corrected chi connectivity index (χ0v) is 18.2. The van der Waals surface area contributed by atoms with Crippen molar-refractivity contribution in [3.05, 3.63) is 59.3 Å². The van der Waals surface area contributed by atoms with Crippen LogP contribution in [0, 0.1) is 0 Å². The lowest BCUT2D eigenvalue weighted by molar-refractivity contribution is -0.113. The van der Waals surface area contributed by atoms with Crippen LogP contribution < -0.4 is 30.2 Å². The van der Waals surface area contributed by atoms with Gasteiger partial charge in [-0.25, -0.2) is 0 Å². The fourth-order valence-electron chi connectivity index (χ4n) is 3.33. The molecule has 1 amide bonds. The monoisotopic (exact) mass is 427 g/mol. The molecule has 0 aliphatic carbocycles. The summed E-state index contributed by atoms with van der Waals surface area (Å²) in [7, 11) is 3.16. The number of amides is 1. The SMILES string of the molecule is CCOc1ccccc1NC(=O)C1=C(C)NC(=S)N[C@H]1c1ccc(OC)cc1OC. The van der Waals surface area contributed by atoms with Crippen LogP contribution in [-0.4, -0.2) is 31.8 Å². The Hall–Kier alpha value is -3.26. The Morgan fingerprint density at radius 2 is 1.90 bits per heavy atom. The molecule has 7 nitrogen and oxygen atoms in total. The molecule has 8 heteroatoms. The first kappa shape index (κ1) is 21.4. The Balaban J connectivity index is 2.00. The highest BCUT2D eigenvalue weighted by Crippen LogP contribution is 2.36. The smallest absolute Gasteiger partial charge is 0.255 e. The van der Waals surface area contributed by atoms with E-state index < -0.39 is 6.04 Å². The summed E-state index contributed by atoms with van der Waals surface area (Å²) in [5, 5.41) is 9.61. The molecule has 2 aromatic carbocycles. The third kappa shape index (κ3) is 4.49. The highest BCUT2D eigenvalue weighted by molar-refractivity contribution is 7.80. The number of carbonyl (C=O) groups is 1. The van der Waals surface area contributed by atoms with Crippen LogP contribution in [0.15, 0.2) is 53.7 Å². The lowest BCUT2D eigenvalue weighted by atomic mass is 9.94. The summed E-state index contributed by atoms with van der Waals surface area (Å²) < 4.78 is 16.5. The normalized spacial score (nSPS) is 15.7. The van der Waals surface area contributed by atoms with Crippen molar-refractivity contribution in [3.8, 4) is 17.2 Å². The average Bonchev–Trinajstić information content (AvgIpc) is 2.74. The number of thiocarbonyl (C=S) groups is 1. The van der Waals surface area contributed by atoms with Crippen LogP contribution in [0.5, 0.6) is 17.2 Å². The molecule has 0 aromatic heterocycles. The summed E-state index contributed by atoms with van der Waals surface area (Å²) in [6.07, 6.45) is 0. The molecule has 1 aliphatic rings. The molecule has 0 bridgehead atoms. The van der Waals surface area contributed by atoms with E-state index >= 15 is 0 Å². The van der Waals surface area contributed by atoms with E-state index in [1.807, 2.05) is 44.2 Å². The lowest BCUT2D eigenvalue weighted by Gasteiger charge is -2.31. The maximum Gasteiger partial charge on any atom is 0.255 e. The molecule has 1 heterocycles. The van der Waals surface area contributed by atoms with Gasteiger partial charge in [0.2, 0.25) is 0 Å². The van der Waals surface area contributed by atoms with Gasteiger partial charge in [-0.15, -0.1) is 0 Å². The van der Waals surface area contributed by atoms with E-state index in [2.05, 4.69) is 16.0 Å². The van der Waals surface area contributed by atoms with Crippen LogP contribution in [0.4, 0.5) is 5.69 Å². The predicted octanol–water partition coefficient (Wildman–Crippen LogP) is 3.53. The number of anilines is 1. The van der Waals surface area contributed by atoms with Gasteiger partial charge in [-0.2, -0.15) is 0 Å². The van der Waals surface area contributed by atoms with Gasteiger partial charge in [-0.3, -0.25) is 4.79 Å². The minimum absolute atomic E-state index is 0.273. The minimum atomic E-state index is -0.501. The number of rotatable bonds is 7. The first-order chi connectivity index (χ1) is 14.5. The summed E-state index contributed by atoms with van der Waals surface area (Å²) in [6.45, 7) is 4.21. The van der Waals surface area contributed by atoms with Crippen LogP contribution in [0.3, 0.4) is 0 Å². The van der Waals surface area contributed by atoms with E-state index in [0.29, 0.717) is 45.9 Å². The Labute approximate surface area is 181 Å². The molecule has 0 spiro atoms. The third-order valence-electron chi connectivity index (χ3n) is 4.70.